The van der Waals surface area contributed by atoms with Crippen molar-refractivity contribution in [2.75, 3.05) is 13.3 Å². The van der Waals surface area contributed by atoms with Gasteiger partial charge in [0.1, 0.15) is 6.54 Å². The predicted octanol–water partition coefficient (Wildman–Crippen LogP) is 3.68. The molecule has 1 aromatic carbocycles. The number of fused-ring (bicyclic) bond motifs is 1. The number of furan rings is 1. The lowest BCUT2D eigenvalue weighted by Crippen LogP contribution is -2.82. The summed E-state index contributed by atoms with van der Waals surface area (Å²) < 4.78 is 16.4. The number of quaternary nitrogens is 1. The van der Waals surface area contributed by atoms with Gasteiger partial charge in [0.15, 0.2) is 17.3 Å². The summed E-state index contributed by atoms with van der Waals surface area (Å²) in [6, 6.07) is 10.4. The molecule has 2 N–H and O–H groups in total. The van der Waals surface area contributed by atoms with Crippen molar-refractivity contribution in [3.63, 3.8) is 0 Å². The van der Waals surface area contributed by atoms with Crippen molar-refractivity contribution in [3.8, 4) is 11.5 Å². The van der Waals surface area contributed by atoms with Crippen LogP contribution in [0, 0.1) is 5.92 Å². The molecule has 0 spiro atoms. The van der Waals surface area contributed by atoms with Crippen molar-refractivity contribution in [3.05, 3.63) is 47.9 Å². The standard InChI is InChI=1S/C20H27NO3/c1-15(2)5-6-16(9-10-21-13-18-4-3-11-22-18)17-7-8-19-20(12-17)24-14-23-19/h3-4,7-8,11-12,15-16,21H,5-6,9-10,13-14H2,1-2H3/p+1/t16-/m1/s1. The van der Waals surface area contributed by atoms with E-state index in [-0.39, 0.29) is 0 Å². The van der Waals surface area contributed by atoms with E-state index >= 15 is 0 Å². The van der Waals surface area contributed by atoms with E-state index in [1.165, 1.54) is 18.4 Å². The molecule has 0 fully saturated rings. The third kappa shape index (κ3) is 4.54. The monoisotopic (exact) mass is 330 g/mol. The molecule has 3 rings (SSSR count). The Morgan fingerprint density at radius 2 is 1.92 bits per heavy atom. The summed E-state index contributed by atoms with van der Waals surface area (Å²) in [5, 5.41) is 2.33. The second kappa shape index (κ2) is 8.25. The smallest absolute Gasteiger partial charge is 0.231 e. The minimum Gasteiger partial charge on any atom is -0.463 e. The zero-order chi connectivity index (χ0) is 16.8. The van der Waals surface area contributed by atoms with E-state index in [0.717, 1.165) is 42.7 Å². The van der Waals surface area contributed by atoms with Gasteiger partial charge < -0.3 is 19.2 Å². The largest absolute Gasteiger partial charge is 0.463 e. The van der Waals surface area contributed by atoms with Crippen molar-refractivity contribution >= 4 is 0 Å². The van der Waals surface area contributed by atoms with Gasteiger partial charge in [-0.3, -0.25) is 0 Å². The zero-order valence-corrected chi connectivity index (χ0v) is 14.7. The molecule has 24 heavy (non-hydrogen) atoms. The fraction of sp³-hybridized carbons (Fsp3) is 0.500. The Bertz CT molecular complexity index is 622. The van der Waals surface area contributed by atoms with Gasteiger partial charge in [-0.1, -0.05) is 26.3 Å². The normalized spacial score (nSPS) is 14.3. The van der Waals surface area contributed by atoms with Crippen LogP contribution in [-0.2, 0) is 6.54 Å². The molecular formula is C20H28NO3+. The molecule has 2 aromatic rings. The molecule has 130 valence electrons. The summed E-state index contributed by atoms with van der Waals surface area (Å²) >= 11 is 0. The second-order valence-electron chi connectivity index (χ2n) is 6.93. The maximum Gasteiger partial charge on any atom is 0.231 e. The maximum atomic E-state index is 5.55. The molecule has 1 aromatic heterocycles. The van der Waals surface area contributed by atoms with E-state index in [4.69, 9.17) is 13.9 Å². The molecule has 0 saturated heterocycles. The summed E-state index contributed by atoms with van der Waals surface area (Å²) in [6.45, 7) is 6.93. The molecule has 0 aliphatic carbocycles. The second-order valence-corrected chi connectivity index (χ2v) is 6.93. The van der Waals surface area contributed by atoms with Crippen LogP contribution in [0.25, 0.3) is 0 Å². The number of ether oxygens (including phenoxy) is 2. The van der Waals surface area contributed by atoms with Gasteiger partial charge in [-0.05, 0) is 48.1 Å². The van der Waals surface area contributed by atoms with Crippen LogP contribution in [0.15, 0.2) is 41.0 Å². The lowest BCUT2D eigenvalue weighted by Gasteiger charge is -2.18. The third-order valence-electron chi connectivity index (χ3n) is 4.61. The van der Waals surface area contributed by atoms with Gasteiger partial charge in [0.2, 0.25) is 6.79 Å². The molecule has 0 unspecified atom stereocenters. The molecule has 0 saturated carbocycles. The van der Waals surface area contributed by atoms with Gasteiger partial charge in [0.25, 0.3) is 0 Å². The number of hydrogen-bond acceptors (Lipinski definition) is 3. The first-order valence-electron chi connectivity index (χ1n) is 8.96. The van der Waals surface area contributed by atoms with Crippen LogP contribution in [0.1, 0.15) is 50.4 Å². The van der Waals surface area contributed by atoms with Crippen LogP contribution >= 0.6 is 0 Å². The van der Waals surface area contributed by atoms with Crippen LogP contribution in [0.5, 0.6) is 11.5 Å². The van der Waals surface area contributed by atoms with Crippen LogP contribution in [0.2, 0.25) is 0 Å². The summed E-state index contributed by atoms with van der Waals surface area (Å²) in [4.78, 5) is 0. The van der Waals surface area contributed by atoms with Crippen LogP contribution in [0.4, 0.5) is 0 Å². The summed E-state index contributed by atoms with van der Waals surface area (Å²) in [7, 11) is 0. The Balaban J connectivity index is 1.57. The zero-order valence-electron chi connectivity index (χ0n) is 14.7. The number of hydrogen-bond donors (Lipinski definition) is 1. The van der Waals surface area contributed by atoms with Gasteiger partial charge in [-0.25, -0.2) is 0 Å². The van der Waals surface area contributed by atoms with Crippen LogP contribution < -0.4 is 14.8 Å². The molecule has 4 nitrogen and oxygen atoms in total. The van der Waals surface area contributed by atoms with Crippen molar-refractivity contribution in [1.82, 2.24) is 0 Å². The number of nitrogens with two attached hydrogens (primary N) is 1. The van der Waals surface area contributed by atoms with E-state index in [9.17, 15) is 0 Å². The highest BCUT2D eigenvalue weighted by atomic mass is 16.7. The number of rotatable bonds is 9. The molecule has 0 radical (unpaired) electrons. The fourth-order valence-electron chi connectivity index (χ4n) is 3.17. The van der Waals surface area contributed by atoms with E-state index < -0.39 is 0 Å². The fourth-order valence-corrected chi connectivity index (χ4v) is 3.17. The first-order chi connectivity index (χ1) is 11.7. The van der Waals surface area contributed by atoms with Crippen molar-refractivity contribution in [2.45, 2.75) is 45.6 Å². The van der Waals surface area contributed by atoms with Crippen molar-refractivity contribution in [1.29, 1.82) is 0 Å². The van der Waals surface area contributed by atoms with Gasteiger partial charge >= 0.3 is 0 Å². The molecule has 0 bridgehead atoms. The van der Waals surface area contributed by atoms with Gasteiger partial charge in [-0.15, -0.1) is 0 Å². The van der Waals surface area contributed by atoms with E-state index in [1.807, 2.05) is 18.2 Å². The molecule has 1 aliphatic heterocycles. The van der Waals surface area contributed by atoms with Crippen LogP contribution in [0.3, 0.4) is 0 Å². The third-order valence-corrected chi connectivity index (χ3v) is 4.61. The molecule has 4 heteroatoms. The van der Waals surface area contributed by atoms with Gasteiger partial charge in [-0.2, -0.15) is 0 Å². The Morgan fingerprint density at radius 1 is 1.04 bits per heavy atom. The highest BCUT2D eigenvalue weighted by Crippen LogP contribution is 2.36. The Morgan fingerprint density at radius 3 is 2.71 bits per heavy atom. The van der Waals surface area contributed by atoms with E-state index in [0.29, 0.717) is 12.7 Å². The first kappa shape index (κ1) is 16.9. The van der Waals surface area contributed by atoms with E-state index in [1.54, 1.807) is 6.26 Å². The summed E-state index contributed by atoms with van der Waals surface area (Å²) in [5.41, 5.74) is 1.37. The molecule has 1 aliphatic rings. The van der Waals surface area contributed by atoms with Crippen LogP contribution in [-0.4, -0.2) is 13.3 Å². The Labute approximate surface area is 144 Å². The highest BCUT2D eigenvalue weighted by molar-refractivity contribution is 5.45. The quantitative estimate of drug-likeness (QED) is 0.714. The van der Waals surface area contributed by atoms with E-state index in [2.05, 4.69) is 31.3 Å². The minimum absolute atomic E-state index is 0.340. The summed E-state index contributed by atoms with van der Waals surface area (Å²) in [5.74, 6) is 4.09. The average molecular weight is 330 g/mol. The predicted molar refractivity (Wildman–Crippen MR) is 93.2 cm³/mol. The molecule has 0 amide bonds. The lowest BCUT2D eigenvalue weighted by atomic mass is 9.88. The van der Waals surface area contributed by atoms with Gasteiger partial charge in [0, 0.05) is 6.42 Å². The van der Waals surface area contributed by atoms with Crippen molar-refractivity contribution < 1.29 is 19.2 Å². The molecule has 2 heterocycles. The summed E-state index contributed by atoms with van der Waals surface area (Å²) in [6.07, 6.45) is 5.36. The first-order valence-corrected chi connectivity index (χ1v) is 8.96. The maximum absolute atomic E-state index is 5.55. The molecular weight excluding hydrogens is 302 g/mol. The lowest BCUT2D eigenvalue weighted by molar-refractivity contribution is -0.672. The average Bonchev–Trinajstić information content (AvgIpc) is 3.24. The minimum atomic E-state index is 0.340. The Kier molecular flexibility index (Phi) is 5.81. The SMILES string of the molecule is CC(C)CC[C@H](CC[NH2+]Cc1ccco1)c1ccc2c(c1)OCO2. The van der Waals surface area contributed by atoms with Gasteiger partial charge in [0.05, 0.1) is 12.8 Å². The Hall–Kier alpha value is -1.94. The van der Waals surface area contributed by atoms with Crippen molar-refractivity contribution in [2.24, 2.45) is 5.92 Å². The molecule has 1 atom stereocenters. The highest BCUT2D eigenvalue weighted by Gasteiger charge is 2.19. The topological polar surface area (TPSA) is 48.2 Å². The number of benzene rings is 1.